The summed E-state index contributed by atoms with van der Waals surface area (Å²) >= 11 is 8.13. The zero-order valence-electron chi connectivity index (χ0n) is 2.43. The number of hydrogen-bond acceptors (Lipinski definition) is 1. The Morgan fingerprint density at radius 2 is 2.20 bits per heavy atom. The lowest BCUT2D eigenvalue weighted by Gasteiger charge is -1.83. The Kier molecular flexibility index (Phi) is 3.27. The van der Waals surface area contributed by atoms with Crippen LogP contribution in [-0.4, -0.2) is 4.32 Å². The average molecular weight is 125 g/mol. The fourth-order valence-electron chi connectivity index (χ4n) is 0. The first kappa shape index (κ1) is 5.67. The second-order valence-electron chi connectivity index (χ2n) is 0.449. The minimum Gasteiger partial charge on any atom is -0.356 e. The van der Waals surface area contributed by atoms with Gasteiger partial charge in [0, 0.05) is 0 Å². The molecule has 0 bridgehead atoms. The van der Waals surface area contributed by atoms with Gasteiger partial charge in [0.15, 0.2) is 0 Å². The van der Waals surface area contributed by atoms with Crippen molar-refractivity contribution in [3.8, 4) is 0 Å². The van der Waals surface area contributed by atoms with Gasteiger partial charge in [-0.3, -0.25) is 0 Å². The minimum atomic E-state index is 0.495. The standard InChI is InChI=1S/CH4NPS2/c3-2-1(4)5/h3H2,(H2,2,4,5). The van der Waals surface area contributed by atoms with Gasteiger partial charge in [-0.25, -0.2) is 0 Å². The quantitative estimate of drug-likeness (QED) is 0.279. The summed E-state index contributed by atoms with van der Waals surface area (Å²) in [5.74, 6) is 0. The van der Waals surface area contributed by atoms with Crippen molar-refractivity contribution < 1.29 is 0 Å². The molecule has 0 aliphatic rings. The Hall–Kier alpha value is 0.670. The molecule has 0 fully saturated rings. The van der Waals surface area contributed by atoms with Crippen LogP contribution in [0.5, 0.6) is 0 Å². The molecule has 0 aromatic carbocycles. The minimum absolute atomic E-state index is 0.495. The van der Waals surface area contributed by atoms with E-state index in [1.165, 1.54) is 0 Å². The molecule has 0 aliphatic carbocycles. The van der Waals surface area contributed by atoms with Crippen LogP contribution >= 0.6 is 34.2 Å². The van der Waals surface area contributed by atoms with E-state index in [1.54, 1.807) is 0 Å². The van der Waals surface area contributed by atoms with Gasteiger partial charge in [0.1, 0.15) is 4.32 Å². The molecule has 0 aliphatic heterocycles. The highest BCUT2D eigenvalue weighted by molar-refractivity contribution is 8.11. The second kappa shape index (κ2) is 2.88. The van der Waals surface area contributed by atoms with Crippen molar-refractivity contribution in [1.82, 2.24) is 5.09 Å². The monoisotopic (exact) mass is 125 g/mol. The maximum atomic E-state index is 4.43. The molecule has 4 heteroatoms. The lowest BCUT2D eigenvalue weighted by Crippen LogP contribution is -1.96. The van der Waals surface area contributed by atoms with E-state index in [0.717, 1.165) is 0 Å². The van der Waals surface area contributed by atoms with Gasteiger partial charge >= 0.3 is 0 Å². The maximum Gasteiger partial charge on any atom is 0.133 e. The first-order valence-electron chi connectivity index (χ1n) is 0.966. The van der Waals surface area contributed by atoms with Crippen LogP contribution in [0.25, 0.3) is 0 Å². The molecule has 0 spiro atoms. The molecule has 1 unspecified atom stereocenters. The Morgan fingerprint density at radius 3 is 2.20 bits per heavy atom. The van der Waals surface area contributed by atoms with E-state index in [2.05, 4.69) is 39.3 Å². The van der Waals surface area contributed by atoms with E-state index < -0.39 is 0 Å². The largest absolute Gasteiger partial charge is 0.356 e. The average Bonchev–Trinajstić information content (AvgIpc) is 1.38. The third-order valence-electron chi connectivity index (χ3n) is 0.123. The molecule has 30 valence electrons. The third kappa shape index (κ3) is 4.67. The first-order valence-corrected chi connectivity index (χ1v) is 2.40. The van der Waals surface area contributed by atoms with E-state index >= 15 is 0 Å². The summed E-state index contributed by atoms with van der Waals surface area (Å²) in [5, 5.41) is 2.54. The predicted molar refractivity (Wildman–Crippen MR) is 34.4 cm³/mol. The van der Waals surface area contributed by atoms with Crippen LogP contribution in [0.3, 0.4) is 0 Å². The highest BCUT2D eigenvalue weighted by Crippen LogP contribution is 1.78. The van der Waals surface area contributed by atoms with Crippen LogP contribution in [0.2, 0.25) is 0 Å². The van der Waals surface area contributed by atoms with Crippen LogP contribution in [0.4, 0.5) is 0 Å². The van der Waals surface area contributed by atoms with Gasteiger partial charge in [-0.15, -0.1) is 12.6 Å². The van der Waals surface area contributed by atoms with E-state index in [9.17, 15) is 0 Å². The zero-order valence-corrected chi connectivity index (χ0v) is 5.30. The van der Waals surface area contributed by atoms with Gasteiger partial charge in [-0.05, 0) is 9.39 Å². The lowest BCUT2D eigenvalue weighted by atomic mass is 11.5. The third-order valence-corrected chi connectivity index (χ3v) is 1.11. The molecule has 0 aromatic heterocycles. The Labute approximate surface area is 44.2 Å². The van der Waals surface area contributed by atoms with Crippen LogP contribution < -0.4 is 5.09 Å². The number of rotatable bonds is 0. The molecule has 0 amide bonds. The number of nitrogens with one attached hydrogen (secondary N) is 1. The fraction of sp³-hybridized carbons (Fsp3) is 0. The van der Waals surface area contributed by atoms with Crippen molar-refractivity contribution in [3.05, 3.63) is 0 Å². The molecule has 0 saturated carbocycles. The Balaban J connectivity index is 2.85. The molecule has 0 rings (SSSR count). The Bertz CT molecular complexity index is 44.9. The van der Waals surface area contributed by atoms with Gasteiger partial charge < -0.3 is 5.09 Å². The van der Waals surface area contributed by atoms with Crippen molar-refractivity contribution in [2.24, 2.45) is 0 Å². The van der Waals surface area contributed by atoms with Crippen LogP contribution in [0.15, 0.2) is 0 Å². The summed E-state index contributed by atoms with van der Waals surface area (Å²) in [6.07, 6.45) is 0. The van der Waals surface area contributed by atoms with Crippen molar-refractivity contribution in [1.29, 1.82) is 0 Å². The molecule has 5 heavy (non-hydrogen) atoms. The summed E-state index contributed by atoms with van der Waals surface area (Å²) in [6.45, 7) is 0. The summed E-state index contributed by atoms with van der Waals surface area (Å²) in [7, 11) is 2.23. The normalized spacial score (nSPS) is 6.80. The van der Waals surface area contributed by atoms with E-state index in [1.807, 2.05) is 0 Å². The maximum absolute atomic E-state index is 4.43. The molecule has 1 N–H and O–H groups in total. The van der Waals surface area contributed by atoms with Gasteiger partial charge in [0.25, 0.3) is 0 Å². The molecule has 0 saturated heterocycles. The molecule has 0 radical (unpaired) electrons. The molecular weight excluding hydrogens is 121 g/mol. The SMILES string of the molecule is PNC(=S)S. The second-order valence-corrected chi connectivity index (χ2v) is 1.90. The number of thiocarbonyl (C=S) groups is 1. The number of hydrogen-bond donors (Lipinski definition) is 2. The topological polar surface area (TPSA) is 12.0 Å². The van der Waals surface area contributed by atoms with Gasteiger partial charge in [-0.1, -0.05) is 12.2 Å². The van der Waals surface area contributed by atoms with E-state index in [4.69, 9.17) is 0 Å². The summed E-state index contributed by atoms with van der Waals surface area (Å²) in [6, 6.07) is 0. The number of thiol groups is 1. The van der Waals surface area contributed by atoms with Crippen LogP contribution in [-0.2, 0) is 0 Å². The van der Waals surface area contributed by atoms with Gasteiger partial charge in [-0.2, -0.15) is 0 Å². The lowest BCUT2D eigenvalue weighted by molar-refractivity contribution is 1.66. The highest BCUT2D eigenvalue weighted by Gasteiger charge is 1.68. The van der Waals surface area contributed by atoms with E-state index in [-0.39, 0.29) is 0 Å². The Morgan fingerprint density at radius 1 is 2.00 bits per heavy atom. The van der Waals surface area contributed by atoms with Gasteiger partial charge in [0.2, 0.25) is 0 Å². The highest BCUT2D eigenvalue weighted by atomic mass is 32.1. The van der Waals surface area contributed by atoms with Crippen molar-refractivity contribution in [2.45, 2.75) is 0 Å². The van der Waals surface area contributed by atoms with Crippen LogP contribution in [0, 0.1) is 0 Å². The summed E-state index contributed by atoms with van der Waals surface area (Å²) in [5.41, 5.74) is 0. The molecule has 1 nitrogen and oxygen atoms in total. The molecule has 0 heterocycles. The summed E-state index contributed by atoms with van der Waals surface area (Å²) in [4.78, 5) is 0. The molecule has 0 aromatic rings. The molecule has 1 atom stereocenters. The molecular formula is CH4NPS2. The van der Waals surface area contributed by atoms with Crippen molar-refractivity contribution in [2.75, 3.05) is 0 Å². The zero-order chi connectivity index (χ0) is 4.28. The first-order chi connectivity index (χ1) is 2.27. The van der Waals surface area contributed by atoms with Crippen molar-refractivity contribution in [3.63, 3.8) is 0 Å². The van der Waals surface area contributed by atoms with Crippen LogP contribution in [0.1, 0.15) is 0 Å². The van der Waals surface area contributed by atoms with Crippen molar-refractivity contribution >= 4 is 38.6 Å². The fourth-order valence-corrected chi connectivity index (χ4v) is 0. The smallest absolute Gasteiger partial charge is 0.133 e. The predicted octanol–water partition coefficient (Wildman–Crippen LogP) is 0.581. The van der Waals surface area contributed by atoms with E-state index in [0.29, 0.717) is 4.32 Å². The van der Waals surface area contributed by atoms with Gasteiger partial charge in [0.05, 0.1) is 0 Å². The summed E-state index contributed by atoms with van der Waals surface area (Å²) < 4.78 is 0.495.